The van der Waals surface area contributed by atoms with Gasteiger partial charge in [0.25, 0.3) is 10.0 Å². The summed E-state index contributed by atoms with van der Waals surface area (Å²) < 4.78 is 26.1. The summed E-state index contributed by atoms with van der Waals surface area (Å²) in [6.45, 7) is 0. The Morgan fingerprint density at radius 3 is 2.76 bits per heavy atom. The highest BCUT2D eigenvalue weighted by Crippen LogP contribution is 2.27. The van der Waals surface area contributed by atoms with Gasteiger partial charge in [-0.25, -0.2) is 8.42 Å². The fourth-order valence-electron chi connectivity index (χ4n) is 1.01. The fraction of sp³-hybridized carbons (Fsp3) is 0.222. The molecule has 1 atom stereocenters. The van der Waals surface area contributed by atoms with Gasteiger partial charge < -0.3 is 5.11 Å². The first-order chi connectivity index (χ1) is 7.88. The summed E-state index contributed by atoms with van der Waals surface area (Å²) in [6, 6.07) is 0.245. The predicted molar refractivity (Wildman–Crippen MR) is 67.2 cm³/mol. The van der Waals surface area contributed by atoms with E-state index in [0.717, 1.165) is 11.3 Å². The van der Waals surface area contributed by atoms with Crippen LogP contribution in [0.2, 0.25) is 0 Å². The third kappa shape index (κ3) is 3.54. The number of sulfonamides is 1. The largest absolute Gasteiger partial charge is 0.480 e. The minimum Gasteiger partial charge on any atom is -0.480 e. The van der Waals surface area contributed by atoms with Gasteiger partial charge in [-0.3, -0.25) is 4.79 Å². The van der Waals surface area contributed by atoms with Gasteiger partial charge in [-0.05, 0) is 27.4 Å². The molecule has 0 spiro atoms. The minimum absolute atomic E-state index is 0.0285. The third-order valence-electron chi connectivity index (χ3n) is 1.75. The highest BCUT2D eigenvalue weighted by molar-refractivity contribution is 9.10. The summed E-state index contributed by atoms with van der Waals surface area (Å²) in [5, 5.41) is 10.4. The predicted octanol–water partition coefficient (Wildman–Crippen LogP) is 1.27. The van der Waals surface area contributed by atoms with Crippen molar-refractivity contribution in [3.05, 3.63) is 15.9 Å². The van der Waals surface area contributed by atoms with Crippen LogP contribution in [-0.2, 0) is 14.8 Å². The number of thiophene rings is 1. The lowest BCUT2D eigenvalue weighted by Crippen LogP contribution is -2.40. The zero-order valence-corrected chi connectivity index (χ0v) is 11.6. The summed E-state index contributed by atoms with van der Waals surface area (Å²) >= 11 is 4.06. The number of nitrogens with one attached hydrogen (secondary N) is 1. The zero-order chi connectivity index (χ0) is 13.1. The van der Waals surface area contributed by atoms with Gasteiger partial charge in [-0.2, -0.15) is 4.72 Å². The molecule has 1 aromatic rings. The second-order valence-corrected chi connectivity index (χ2v) is 6.66. The molecule has 2 N–H and O–H groups in total. The van der Waals surface area contributed by atoms with Crippen LogP contribution in [-0.4, -0.2) is 25.5 Å². The van der Waals surface area contributed by atoms with Gasteiger partial charge in [-0.15, -0.1) is 23.7 Å². The number of hydrogen-bond acceptors (Lipinski definition) is 4. The van der Waals surface area contributed by atoms with E-state index in [1.165, 1.54) is 0 Å². The molecule has 92 valence electrons. The van der Waals surface area contributed by atoms with Crippen molar-refractivity contribution >= 4 is 43.3 Å². The van der Waals surface area contributed by atoms with Gasteiger partial charge in [-0.1, -0.05) is 0 Å². The molecule has 0 aliphatic carbocycles. The second kappa shape index (κ2) is 5.64. The lowest BCUT2D eigenvalue weighted by atomic mass is 10.2. The Morgan fingerprint density at radius 1 is 1.71 bits per heavy atom. The van der Waals surface area contributed by atoms with E-state index < -0.39 is 22.0 Å². The quantitative estimate of drug-likeness (QED) is 0.792. The van der Waals surface area contributed by atoms with Crippen LogP contribution in [0.5, 0.6) is 0 Å². The summed E-state index contributed by atoms with van der Waals surface area (Å²) in [5.41, 5.74) is 0. The zero-order valence-electron chi connectivity index (χ0n) is 8.38. The van der Waals surface area contributed by atoms with Crippen molar-refractivity contribution in [3.8, 4) is 12.3 Å². The van der Waals surface area contributed by atoms with Crippen molar-refractivity contribution < 1.29 is 18.3 Å². The van der Waals surface area contributed by atoms with Gasteiger partial charge in [0, 0.05) is 10.9 Å². The van der Waals surface area contributed by atoms with E-state index in [-0.39, 0.29) is 10.6 Å². The second-order valence-electron chi connectivity index (χ2n) is 2.98. The van der Waals surface area contributed by atoms with Crippen molar-refractivity contribution in [2.24, 2.45) is 0 Å². The summed E-state index contributed by atoms with van der Waals surface area (Å²) in [7, 11) is -3.87. The Bertz CT molecular complexity index is 558. The number of halogens is 1. The molecule has 0 fully saturated rings. The number of aliphatic carboxylic acids is 1. The number of carboxylic acids is 1. The monoisotopic (exact) mass is 337 g/mol. The average molecular weight is 338 g/mol. The highest BCUT2D eigenvalue weighted by atomic mass is 79.9. The maximum absolute atomic E-state index is 11.8. The maximum Gasteiger partial charge on any atom is 0.322 e. The first kappa shape index (κ1) is 14.2. The van der Waals surface area contributed by atoms with E-state index in [2.05, 4.69) is 21.9 Å². The van der Waals surface area contributed by atoms with Crippen LogP contribution in [0.15, 0.2) is 20.1 Å². The molecule has 0 aliphatic heterocycles. The van der Waals surface area contributed by atoms with Gasteiger partial charge in [0.05, 0.1) is 0 Å². The highest BCUT2D eigenvalue weighted by Gasteiger charge is 2.26. The minimum atomic E-state index is -3.87. The van der Waals surface area contributed by atoms with Crippen LogP contribution in [0.3, 0.4) is 0 Å². The van der Waals surface area contributed by atoms with Gasteiger partial charge in [0.15, 0.2) is 0 Å². The van der Waals surface area contributed by atoms with Crippen LogP contribution in [0.1, 0.15) is 6.42 Å². The number of carboxylic acid groups (broad SMARTS) is 1. The van der Waals surface area contributed by atoms with Crippen LogP contribution in [0, 0.1) is 12.3 Å². The molecular weight excluding hydrogens is 330 g/mol. The Labute approximate surface area is 111 Å². The van der Waals surface area contributed by atoms with Crippen molar-refractivity contribution in [1.29, 1.82) is 0 Å². The molecule has 17 heavy (non-hydrogen) atoms. The smallest absolute Gasteiger partial charge is 0.322 e. The summed E-state index contributed by atoms with van der Waals surface area (Å²) in [5.74, 6) is 0.809. The number of rotatable bonds is 5. The number of hydrogen-bond donors (Lipinski definition) is 2. The molecule has 5 nitrogen and oxygen atoms in total. The Balaban J connectivity index is 2.98. The molecule has 1 rings (SSSR count). The molecule has 8 heteroatoms. The topological polar surface area (TPSA) is 83.5 Å². The van der Waals surface area contributed by atoms with Gasteiger partial charge >= 0.3 is 5.97 Å². The van der Waals surface area contributed by atoms with Crippen LogP contribution < -0.4 is 4.72 Å². The molecule has 0 aliphatic rings. The maximum atomic E-state index is 11.8. The molecular formula is C9H8BrNO4S2. The molecule has 0 amide bonds. The van der Waals surface area contributed by atoms with Crippen molar-refractivity contribution in [2.45, 2.75) is 16.7 Å². The van der Waals surface area contributed by atoms with E-state index in [1.807, 2.05) is 4.72 Å². The Kier molecular flexibility index (Phi) is 4.70. The van der Waals surface area contributed by atoms with E-state index in [1.54, 1.807) is 11.4 Å². The SMILES string of the molecule is C#CCC(NS(=O)(=O)c1sccc1Br)C(=O)O. The van der Waals surface area contributed by atoms with E-state index >= 15 is 0 Å². The van der Waals surface area contributed by atoms with Crippen molar-refractivity contribution in [3.63, 3.8) is 0 Å². The Hall–Kier alpha value is -0.880. The fourth-order valence-corrected chi connectivity index (χ4v) is 4.55. The lowest BCUT2D eigenvalue weighted by molar-refractivity contribution is -0.138. The van der Waals surface area contributed by atoms with E-state index in [0.29, 0.717) is 4.47 Å². The molecule has 0 saturated carbocycles. The van der Waals surface area contributed by atoms with E-state index in [4.69, 9.17) is 11.5 Å². The first-order valence-electron chi connectivity index (χ1n) is 4.30. The van der Waals surface area contributed by atoms with Crippen molar-refractivity contribution in [1.82, 2.24) is 4.72 Å². The molecule has 0 bridgehead atoms. The third-order valence-corrected chi connectivity index (χ3v) is 5.89. The summed E-state index contributed by atoms with van der Waals surface area (Å²) in [6.07, 6.45) is 4.77. The number of terminal acetylenes is 1. The molecule has 1 unspecified atom stereocenters. The Morgan fingerprint density at radius 2 is 2.35 bits per heavy atom. The van der Waals surface area contributed by atoms with Crippen LogP contribution >= 0.6 is 27.3 Å². The standard InChI is InChI=1S/C9H8BrNO4S2/c1-2-3-7(8(12)13)11-17(14,15)9-6(10)4-5-16-9/h1,4-5,7,11H,3H2,(H,12,13). The van der Waals surface area contributed by atoms with E-state index in [9.17, 15) is 13.2 Å². The van der Waals surface area contributed by atoms with Crippen LogP contribution in [0.4, 0.5) is 0 Å². The van der Waals surface area contributed by atoms with Gasteiger partial charge in [0.1, 0.15) is 10.3 Å². The molecule has 0 aromatic carbocycles. The van der Waals surface area contributed by atoms with Crippen molar-refractivity contribution in [2.75, 3.05) is 0 Å². The first-order valence-corrected chi connectivity index (χ1v) is 7.45. The molecule has 0 radical (unpaired) electrons. The lowest BCUT2D eigenvalue weighted by Gasteiger charge is -2.11. The number of carbonyl (C=O) groups is 1. The van der Waals surface area contributed by atoms with Gasteiger partial charge in [0.2, 0.25) is 0 Å². The molecule has 1 heterocycles. The normalized spacial score (nSPS) is 12.9. The van der Waals surface area contributed by atoms with Crippen LogP contribution in [0.25, 0.3) is 0 Å². The summed E-state index contributed by atoms with van der Waals surface area (Å²) in [4.78, 5) is 10.8. The average Bonchev–Trinajstić information content (AvgIpc) is 2.64. The molecule has 1 aromatic heterocycles. The molecule has 0 saturated heterocycles.